The molecule has 0 amide bonds. The monoisotopic (exact) mass is 462 g/mol. The van der Waals surface area contributed by atoms with E-state index in [0.717, 1.165) is 11.8 Å². The van der Waals surface area contributed by atoms with Crippen LogP contribution in [0.4, 0.5) is 0 Å². The van der Waals surface area contributed by atoms with Crippen molar-refractivity contribution in [2.75, 3.05) is 0 Å². The fourth-order valence-electron chi connectivity index (χ4n) is 2.74. The summed E-state index contributed by atoms with van der Waals surface area (Å²) in [6.45, 7) is 11.6. The molecule has 16 heavy (non-hydrogen) atoms. The van der Waals surface area contributed by atoms with E-state index in [0.29, 0.717) is 5.41 Å². The standard InChI is InChI=1S/C14H28N.Es/c1-10(12(3)15)6-8-13-9-7-11(2)14(13,4)5;/h11-13H,6-9,15H2,1-5H3;/q-1;. The van der Waals surface area contributed by atoms with E-state index < -0.39 is 0 Å². The van der Waals surface area contributed by atoms with Gasteiger partial charge in [-0.1, -0.05) is 34.1 Å². The summed E-state index contributed by atoms with van der Waals surface area (Å²) in [7, 11) is 0. The van der Waals surface area contributed by atoms with Gasteiger partial charge < -0.3 is 11.7 Å². The van der Waals surface area contributed by atoms with Crippen LogP contribution in [0.15, 0.2) is 0 Å². The second-order valence-corrected chi connectivity index (χ2v) is 6.17. The Morgan fingerprint density at radius 1 is 1.38 bits per heavy atom. The number of nitrogens with two attached hydrogens (primary N) is 1. The molecule has 0 aromatic rings. The van der Waals surface area contributed by atoms with Crippen molar-refractivity contribution in [3.8, 4) is 0 Å². The minimum atomic E-state index is 0. The van der Waals surface area contributed by atoms with E-state index in [2.05, 4.69) is 34.6 Å². The Hall–Kier alpha value is -1.04. The van der Waals surface area contributed by atoms with Crippen molar-refractivity contribution in [2.45, 2.75) is 66.3 Å². The van der Waals surface area contributed by atoms with Gasteiger partial charge in [0.15, 0.2) is 0 Å². The third-order valence-corrected chi connectivity index (χ3v) is 4.93. The average molecular weight is 462 g/mol. The van der Waals surface area contributed by atoms with E-state index in [4.69, 9.17) is 5.73 Å². The van der Waals surface area contributed by atoms with Gasteiger partial charge in [-0.15, -0.1) is 6.04 Å². The minimum Gasteiger partial charge on any atom is -0.357 e. The van der Waals surface area contributed by atoms with Crippen molar-refractivity contribution in [2.24, 2.45) is 23.0 Å². The maximum atomic E-state index is 5.88. The van der Waals surface area contributed by atoms with Gasteiger partial charge in [-0.2, -0.15) is 13.3 Å². The van der Waals surface area contributed by atoms with Crippen molar-refractivity contribution in [3.05, 3.63) is 5.92 Å². The molecule has 101 valence electrons. The fourth-order valence-corrected chi connectivity index (χ4v) is 2.74. The van der Waals surface area contributed by atoms with E-state index in [-0.39, 0.29) is 6.04 Å². The third-order valence-electron chi connectivity index (χ3n) is 4.93. The van der Waals surface area contributed by atoms with Crippen LogP contribution in [0.3, 0.4) is 0 Å². The molecule has 1 aliphatic carbocycles. The smallest absolute Gasteiger partial charge is 0 e. The molecule has 1 saturated carbocycles. The summed E-state index contributed by atoms with van der Waals surface area (Å²) in [5, 5.41) is 0. The van der Waals surface area contributed by atoms with Gasteiger partial charge in [0, 0.05) is 0 Å². The minimum absolute atomic E-state index is 0. The van der Waals surface area contributed by atoms with Crippen LogP contribution in [-0.2, 0) is 0 Å². The first-order valence-corrected chi connectivity index (χ1v) is 6.43. The molecule has 0 spiro atoms. The predicted octanol–water partition coefficient (Wildman–Crippen LogP) is 3.78. The second kappa shape index (κ2) is 5.34. The van der Waals surface area contributed by atoms with Crippen molar-refractivity contribution in [1.29, 1.82) is 0 Å². The van der Waals surface area contributed by atoms with Crippen LogP contribution in [0.1, 0.15) is 60.3 Å². The van der Waals surface area contributed by atoms with Crippen LogP contribution in [0, 0.1) is 23.2 Å². The largest absolute Gasteiger partial charge is 0.357 e. The third kappa shape index (κ3) is 2.98. The summed E-state index contributed by atoms with van der Waals surface area (Å²) in [5.74, 6) is 3.25. The van der Waals surface area contributed by atoms with Gasteiger partial charge in [0.25, 0.3) is 0 Å². The second-order valence-electron chi connectivity index (χ2n) is 6.17. The van der Waals surface area contributed by atoms with E-state index in [1.165, 1.54) is 31.6 Å². The zero-order valence-electron chi connectivity index (χ0n) is 11.4. The Kier molecular flexibility index (Phi) is 4.99. The van der Waals surface area contributed by atoms with E-state index >= 15 is 0 Å². The first-order chi connectivity index (χ1) is 6.85. The Morgan fingerprint density at radius 2 is 1.94 bits per heavy atom. The quantitative estimate of drug-likeness (QED) is 0.633. The van der Waals surface area contributed by atoms with Gasteiger partial charge in [0.05, 0.1) is 0 Å². The maximum Gasteiger partial charge on any atom is 0 e. The number of hydrogen-bond donors (Lipinski definition) is 1. The Labute approximate surface area is 95.8 Å². The molecule has 0 aromatic carbocycles. The molecule has 3 unspecified atom stereocenters. The summed E-state index contributed by atoms with van der Waals surface area (Å²) >= 11 is 0. The molecule has 1 radical (unpaired) electrons. The Bertz CT molecular complexity index is 201. The van der Waals surface area contributed by atoms with Crippen LogP contribution in [0.25, 0.3) is 0 Å². The zero-order valence-corrected chi connectivity index (χ0v) is 14.0. The summed E-state index contributed by atoms with van der Waals surface area (Å²) in [5.41, 5.74) is 6.42. The summed E-state index contributed by atoms with van der Waals surface area (Å²) < 4.78 is 0. The van der Waals surface area contributed by atoms with Gasteiger partial charge in [-0.25, -0.2) is 0 Å². The molecule has 2 N–H and O–H groups in total. The molecule has 0 heterocycles. The normalized spacial score (nSPS) is 30.2. The van der Waals surface area contributed by atoms with Crippen molar-refractivity contribution in [1.82, 2.24) is 0 Å². The SMILES string of the molecule is C[C-](CCC1CCC(C)C1(C)C)C(C)N.[Es]. The molecule has 1 fully saturated rings. The van der Waals surface area contributed by atoms with E-state index in [9.17, 15) is 0 Å². The first-order valence-electron chi connectivity index (χ1n) is 6.43. The van der Waals surface area contributed by atoms with Crippen molar-refractivity contribution >= 4 is 0 Å². The van der Waals surface area contributed by atoms with Crippen molar-refractivity contribution < 1.29 is 0 Å². The van der Waals surface area contributed by atoms with Crippen LogP contribution >= 0.6 is 0 Å². The average Bonchev–Trinajstić information content (AvgIpc) is 2.39. The van der Waals surface area contributed by atoms with Crippen LogP contribution in [-0.4, -0.2) is 6.04 Å². The molecular weight excluding hydrogens is 434 g/mol. The molecule has 1 nitrogen and oxygen atoms in total. The molecule has 2 heteroatoms. The molecule has 1 aliphatic rings. The predicted molar refractivity (Wildman–Crippen MR) is 67.5 cm³/mol. The Balaban J connectivity index is 0.00000225. The maximum absolute atomic E-state index is 5.88. The van der Waals surface area contributed by atoms with Gasteiger partial charge in [-0.05, 0) is 30.1 Å². The molecule has 0 aliphatic heterocycles. The van der Waals surface area contributed by atoms with E-state index in [1.807, 2.05) is 0 Å². The van der Waals surface area contributed by atoms with Crippen LogP contribution < -0.4 is 5.73 Å². The molecule has 0 bridgehead atoms. The zero-order chi connectivity index (χ0) is 11.6. The summed E-state index contributed by atoms with van der Waals surface area (Å²) in [6, 6.07) is 0.270. The van der Waals surface area contributed by atoms with Gasteiger partial charge in [-0.3, -0.25) is 0 Å². The van der Waals surface area contributed by atoms with Crippen LogP contribution in [0.5, 0.6) is 0 Å². The number of rotatable bonds is 4. The molecular formula is C14H28EsN-. The van der Waals surface area contributed by atoms with Gasteiger partial charge >= 0.3 is 0 Å². The molecule has 1 rings (SSSR count). The summed E-state index contributed by atoms with van der Waals surface area (Å²) in [6.07, 6.45) is 5.39. The molecule has 0 saturated heterocycles. The van der Waals surface area contributed by atoms with E-state index in [1.54, 1.807) is 0 Å². The van der Waals surface area contributed by atoms with Gasteiger partial charge in [0.2, 0.25) is 0 Å². The van der Waals surface area contributed by atoms with Crippen molar-refractivity contribution in [3.63, 3.8) is 0 Å². The summed E-state index contributed by atoms with van der Waals surface area (Å²) in [4.78, 5) is 0. The molecule has 0 aromatic heterocycles. The fraction of sp³-hybridized carbons (Fsp3) is 0.929. The molecule has 3 atom stereocenters. The van der Waals surface area contributed by atoms with Gasteiger partial charge in [0.1, 0.15) is 0 Å². The van der Waals surface area contributed by atoms with Crippen LogP contribution in [0.2, 0.25) is 0 Å². The first kappa shape index (κ1) is 15.0. The number of hydrogen-bond acceptors (Lipinski definition) is 1. The topological polar surface area (TPSA) is 26.0 Å². The Morgan fingerprint density at radius 3 is 2.31 bits per heavy atom.